The van der Waals surface area contributed by atoms with Gasteiger partial charge in [0.2, 0.25) is 15.9 Å². The molecular formula is C24H32N2O4S. The number of nitrogens with zero attached hydrogens (tertiary/aromatic N) is 1. The molecule has 1 heterocycles. The fourth-order valence-corrected chi connectivity index (χ4v) is 4.95. The Bertz CT molecular complexity index is 1010. The number of carbonyl (C=O) groups is 1. The van der Waals surface area contributed by atoms with Crippen molar-refractivity contribution in [2.45, 2.75) is 58.1 Å². The molecule has 31 heavy (non-hydrogen) atoms. The highest BCUT2D eigenvalue weighted by Crippen LogP contribution is 2.42. The van der Waals surface area contributed by atoms with Gasteiger partial charge in [-0.1, -0.05) is 51.1 Å². The number of amides is 1. The van der Waals surface area contributed by atoms with Crippen molar-refractivity contribution in [2.24, 2.45) is 0 Å². The smallest absolute Gasteiger partial charge is 0.241 e. The molecule has 0 aromatic heterocycles. The van der Waals surface area contributed by atoms with Crippen molar-refractivity contribution in [3.8, 4) is 5.75 Å². The number of anilines is 1. The first kappa shape index (κ1) is 23.1. The molecule has 0 radical (unpaired) electrons. The van der Waals surface area contributed by atoms with Gasteiger partial charge in [-0.05, 0) is 43.0 Å². The van der Waals surface area contributed by atoms with Gasteiger partial charge in [-0.15, -0.1) is 0 Å². The predicted octanol–water partition coefficient (Wildman–Crippen LogP) is 4.21. The number of hydrogen-bond donors (Lipinski definition) is 1. The van der Waals surface area contributed by atoms with Crippen LogP contribution in [-0.2, 0) is 21.2 Å². The Morgan fingerprint density at radius 3 is 2.32 bits per heavy atom. The Balaban J connectivity index is 1.83. The van der Waals surface area contributed by atoms with E-state index in [0.29, 0.717) is 12.1 Å². The van der Waals surface area contributed by atoms with E-state index in [-0.39, 0.29) is 24.1 Å². The van der Waals surface area contributed by atoms with Crippen molar-refractivity contribution in [1.82, 2.24) is 5.32 Å². The van der Waals surface area contributed by atoms with E-state index in [9.17, 15) is 13.2 Å². The predicted molar refractivity (Wildman–Crippen MR) is 124 cm³/mol. The second kappa shape index (κ2) is 9.30. The van der Waals surface area contributed by atoms with Crippen molar-refractivity contribution in [1.29, 1.82) is 0 Å². The molecular weight excluding hydrogens is 412 g/mol. The third-order valence-electron chi connectivity index (χ3n) is 6.14. The zero-order valence-corrected chi connectivity index (χ0v) is 19.5. The number of hydrogen-bond acceptors (Lipinski definition) is 4. The molecule has 1 aliphatic rings. The van der Waals surface area contributed by atoms with Crippen LogP contribution in [0.25, 0.3) is 0 Å². The Morgan fingerprint density at radius 1 is 1.10 bits per heavy atom. The lowest BCUT2D eigenvalue weighted by atomic mass is 9.83. The molecule has 0 saturated carbocycles. The van der Waals surface area contributed by atoms with E-state index in [1.165, 1.54) is 0 Å². The van der Waals surface area contributed by atoms with Crippen LogP contribution < -0.4 is 14.4 Å². The van der Waals surface area contributed by atoms with Crippen LogP contribution in [0.4, 0.5) is 5.69 Å². The zero-order valence-electron chi connectivity index (χ0n) is 18.7. The second-order valence-corrected chi connectivity index (χ2v) is 10.1. The molecule has 0 fully saturated rings. The van der Waals surface area contributed by atoms with Crippen LogP contribution >= 0.6 is 0 Å². The number of rotatable bonds is 8. The first-order chi connectivity index (χ1) is 14.7. The van der Waals surface area contributed by atoms with Gasteiger partial charge in [-0.25, -0.2) is 8.42 Å². The fraction of sp³-hybridized carbons (Fsp3) is 0.458. The highest BCUT2D eigenvalue weighted by molar-refractivity contribution is 7.92. The van der Waals surface area contributed by atoms with Crippen LogP contribution in [0, 0.1) is 0 Å². The molecule has 0 spiro atoms. The van der Waals surface area contributed by atoms with Crippen LogP contribution in [0.3, 0.4) is 0 Å². The summed E-state index contributed by atoms with van der Waals surface area (Å²) in [6, 6.07) is 14.7. The first-order valence-electron chi connectivity index (χ1n) is 10.8. The van der Waals surface area contributed by atoms with Crippen molar-refractivity contribution >= 4 is 21.6 Å². The highest BCUT2D eigenvalue weighted by atomic mass is 32.2. The summed E-state index contributed by atoms with van der Waals surface area (Å²) in [7, 11) is -3.62. The summed E-state index contributed by atoms with van der Waals surface area (Å²) < 4.78 is 32.3. The van der Waals surface area contributed by atoms with Gasteiger partial charge in [0.05, 0.1) is 18.0 Å². The van der Waals surface area contributed by atoms with Gasteiger partial charge in [-0.2, -0.15) is 0 Å². The van der Waals surface area contributed by atoms with E-state index in [0.717, 1.165) is 46.7 Å². The van der Waals surface area contributed by atoms with Gasteiger partial charge in [0.1, 0.15) is 17.9 Å². The molecule has 0 bridgehead atoms. The largest absolute Gasteiger partial charge is 0.487 e. The van der Waals surface area contributed by atoms with E-state index < -0.39 is 10.0 Å². The minimum atomic E-state index is -3.62. The van der Waals surface area contributed by atoms with Crippen LogP contribution in [-0.4, -0.2) is 32.7 Å². The van der Waals surface area contributed by atoms with Crippen LogP contribution in [0.2, 0.25) is 0 Å². The van der Waals surface area contributed by atoms with Crippen LogP contribution in [0.5, 0.6) is 5.75 Å². The summed E-state index contributed by atoms with van der Waals surface area (Å²) in [5.74, 6) is 0.436. The number of ether oxygens (including phenoxy) is 1. The van der Waals surface area contributed by atoms with E-state index in [2.05, 4.69) is 19.2 Å². The summed E-state index contributed by atoms with van der Waals surface area (Å²) >= 11 is 0. The third kappa shape index (κ3) is 5.21. The maximum Gasteiger partial charge on any atom is 0.241 e. The SMILES string of the molecule is CCc1ccc(N(CC(=O)N[C@H]2CC(CC)(CC)Oc3ccccc32)S(C)(=O)=O)cc1. The molecule has 0 aliphatic carbocycles. The zero-order chi connectivity index (χ0) is 22.6. The number of sulfonamides is 1. The van der Waals surface area contributed by atoms with E-state index >= 15 is 0 Å². The molecule has 168 valence electrons. The average molecular weight is 445 g/mol. The Labute approximate surface area is 185 Å². The summed E-state index contributed by atoms with van der Waals surface area (Å²) in [4.78, 5) is 13.0. The maximum atomic E-state index is 13.0. The fourth-order valence-electron chi connectivity index (χ4n) is 4.10. The molecule has 6 nitrogen and oxygen atoms in total. The van der Waals surface area contributed by atoms with E-state index in [1.807, 2.05) is 43.3 Å². The lowest BCUT2D eigenvalue weighted by molar-refractivity contribution is -0.121. The van der Waals surface area contributed by atoms with Gasteiger partial charge >= 0.3 is 0 Å². The minimum Gasteiger partial charge on any atom is -0.487 e. The number of carbonyl (C=O) groups excluding carboxylic acids is 1. The monoisotopic (exact) mass is 444 g/mol. The van der Waals surface area contributed by atoms with Gasteiger partial charge in [-0.3, -0.25) is 9.10 Å². The van der Waals surface area contributed by atoms with Gasteiger partial charge in [0.25, 0.3) is 0 Å². The topological polar surface area (TPSA) is 75.7 Å². The van der Waals surface area contributed by atoms with Gasteiger partial charge in [0.15, 0.2) is 0 Å². The molecule has 7 heteroatoms. The van der Waals surface area contributed by atoms with E-state index in [1.54, 1.807) is 12.1 Å². The summed E-state index contributed by atoms with van der Waals surface area (Å²) in [5.41, 5.74) is 2.17. The average Bonchev–Trinajstić information content (AvgIpc) is 2.76. The molecule has 1 amide bonds. The molecule has 1 N–H and O–H groups in total. The summed E-state index contributed by atoms with van der Waals surface area (Å²) in [6.45, 7) is 5.94. The number of para-hydroxylation sites is 1. The van der Waals surface area contributed by atoms with Crippen molar-refractivity contribution in [3.05, 3.63) is 59.7 Å². The van der Waals surface area contributed by atoms with Crippen molar-refractivity contribution < 1.29 is 17.9 Å². The maximum absolute atomic E-state index is 13.0. The first-order valence-corrected chi connectivity index (χ1v) is 12.7. The van der Waals surface area contributed by atoms with Crippen LogP contribution in [0.1, 0.15) is 57.2 Å². The molecule has 2 aromatic carbocycles. The van der Waals surface area contributed by atoms with Gasteiger partial charge in [0, 0.05) is 12.0 Å². The second-order valence-electron chi connectivity index (χ2n) is 8.14. The van der Waals surface area contributed by atoms with Crippen LogP contribution in [0.15, 0.2) is 48.5 Å². The standard InChI is InChI=1S/C24H32N2O4S/c1-5-18-12-14-19(15-13-18)26(31(4,28)29)17-23(27)25-21-16-24(6-2,7-3)30-22-11-9-8-10-20(21)22/h8-15,21H,5-7,16-17H2,1-4H3,(H,25,27)/t21-/m0/s1. The Morgan fingerprint density at radius 2 is 1.74 bits per heavy atom. The van der Waals surface area contributed by atoms with Crippen molar-refractivity contribution in [2.75, 3.05) is 17.1 Å². The van der Waals surface area contributed by atoms with E-state index in [4.69, 9.17) is 4.74 Å². The molecule has 3 rings (SSSR count). The molecule has 0 saturated heterocycles. The lowest BCUT2D eigenvalue weighted by Crippen LogP contribution is -2.47. The minimum absolute atomic E-state index is 0.235. The number of benzene rings is 2. The summed E-state index contributed by atoms with van der Waals surface area (Å²) in [5, 5.41) is 3.07. The quantitative estimate of drug-likeness (QED) is 0.662. The molecule has 0 unspecified atom stereocenters. The number of nitrogens with one attached hydrogen (secondary N) is 1. The van der Waals surface area contributed by atoms with Crippen molar-refractivity contribution in [3.63, 3.8) is 0 Å². The Hall–Kier alpha value is -2.54. The molecule has 1 atom stereocenters. The Kier molecular flexibility index (Phi) is 6.94. The lowest BCUT2D eigenvalue weighted by Gasteiger charge is -2.41. The normalized spacial score (nSPS) is 17.4. The molecule has 1 aliphatic heterocycles. The summed E-state index contributed by atoms with van der Waals surface area (Å²) in [6.07, 6.45) is 4.27. The molecule has 2 aromatic rings. The third-order valence-corrected chi connectivity index (χ3v) is 7.28. The number of fused-ring (bicyclic) bond motifs is 1. The van der Waals surface area contributed by atoms with Gasteiger partial charge < -0.3 is 10.1 Å². The number of aryl methyl sites for hydroxylation is 1. The highest BCUT2D eigenvalue weighted by Gasteiger charge is 2.39.